The molecule has 2 aromatic carbocycles. The van der Waals surface area contributed by atoms with Crippen LogP contribution in [-0.4, -0.2) is 57.0 Å². The van der Waals surface area contributed by atoms with Crippen LogP contribution in [0.15, 0.2) is 60.1 Å². The molecule has 256 valence electrons. The van der Waals surface area contributed by atoms with E-state index in [-0.39, 0.29) is 17.3 Å². The number of aromatic nitrogens is 1. The minimum atomic E-state index is -3.95. The lowest BCUT2D eigenvalue weighted by Crippen LogP contribution is -2.54. The molecule has 3 aromatic rings. The minimum absolute atomic E-state index is 0.222. The molecule has 1 N–H and O–H groups in total. The van der Waals surface area contributed by atoms with E-state index in [1.165, 1.54) is 11.1 Å². The number of amides is 1. The molecule has 48 heavy (non-hydrogen) atoms. The molecule has 0 unspecified atom stereocenters. The lowest BCUT2D eigenvalue weighted by atomic mass is 9.63. The van der Waals surface area contributed by atoms with Gasteiger partial charge in [-0.2, -0.15) is 0 Å². The molecule has 1 amide bonds. The van der Waals surface area contributed by atoms with E-state index in [0.29, 0.717) is 43.2 Å². The number of allylic oxidation sites excluding steroid dienone is 1. The van der Waals surface area contributed by atoms with Gasteiger partial charge in [-0.3, -0.25) is 4.79 Å². The van der Waals surface area contributed by atoms with Crippen LogP contribution in [0.25, 0.3) is 0 Å². The number of rotatable bonds is 3. The van der Waals surface area contributed by atoms with E-state index < -0.39 is 26.8 Å². The second-order valence-electron chi connectivity index (χ2n) is 14.3. The number of thiazole rings is 1. The number of halogens is 1. The second kappa shape index (κ2) is 13.1. The highest BCUT2D eigenvalue weighted by Gasteiger charge is 2.49. The second-order valence-corrected chi connectivity index (χ2v) is 17.7. The van der Waals surface area contributed by atoms with Crippen molar-refractivity contribution in [3.05, 3.63) is 86.8 Å². The number of hydrogen-bond donors (Lipinski definition) is 1. The maximum absolute atomic E-state index is 13.5. The maximum Gasteiger partial charge on any atom is 0.264 e. The predicted molar refractivity (Wildman–Crippen MR) is 191 cm³/mol. The summed E-state index contributed by atoms with van der Waals surface area (Å²) < 4.78 is 42.5. The molecule has 3 heterocycles. The van der Waals surface area contributed by atoms with E-state index in [4.69, 9.17) is 21.1 Å². The van der Waals surface area contributed by atoms with Crippen LogP contribution in [-0.2, 0) is 33.0 Å². The molecule has 6 atom stereocenters. The monoisotopic (exact) mass is 709 g/mol. The van der Waals surface area contributed by atoms with Gasteiger partial charge in [-0.05, 0) is 105 Å². The van der Waals surface area contributed by atoms with Gasteiger partial charge in [0, 0.05) is 54.2 Å². The number of carbonyl (C=O) groups excluding carboxylic acids is 1. The zero-order valence-electron chi connectivity index (χ0n) is 27.8. The van der Waals surface area contributed by atoms with Crippen molar-refractivity contribution in [1.82, 2.24) is 9.71 Å². The van der Waals surface area contributed by atoms with Gasteiger partial charge in [-0.15, -0.1) is 11.3 Å². The fourth-order valence-corrected chi connectivity index (χ4v) is 10.6. The summed E-state index contributed by atoms with van der Waals surface area (Å²) in [7, 11) is -2.16. The first kappa shape index (κ1) is 33.6. The van der Waals surface area contributed by atoms with Crippen molar-refractivity contribution in [2.75, 3.05) is 31.7 Å². The van der Waals surface area contributed by atoms with Gasteiger partial charge >= 0.3 is 0 Å². The van der Waals surface area contributed by atoms with E-state index in [9.17, 15) is 13.2 Å². The highest BCUT2D eigenvalue weighted by molar-refractivity contribution is 7.90. The molecule has 11 heteroatoms. The van der Waals surface area contributed by atoms with Crippen LogP contribution >= 0.6 is 22.9 Å². The Balaban J connectivity index is 1.34. The summed E-state index contributed by atoms with van der Waals surface area (Å²) >= 11 is 8.10. The average molecular weight is 710 g/mol. The van der Waals surface area contributed by atoms with Crippen LogP contribution in [0, 0.1) is 17.8 Å². The van der Waals surface area contributed by atoms with Gasteiger partial charge in [0.15, 0.2) is 0 Å². The number of nitrogens with one attached hydrogen (secondary N) is 1. The zero-order chi connectivity index (χ0) is 33.7. The van der Waals surface area contributed by atoms with Crippen molar-refractivity contribution in [2.45, 2.75) is 75.1 Å². The van der Waals surface area contributed by atoms with Gasteiger partial charge in [0.05, 0.1) is 28.2 Å². The standard InChI is InChI=1S/C37H44ClN3O5S2/c1-24-6-4-15-37(45-3,20-34-39-16-17-47-34)31-11-8-28(31)21-41-22-36(14-5-7-26-18-29(38)10-12-30(26)36)23-46-33-13-9-27(19-32(33)41)35(42)40-48(43,44)25(24)2/h4,9-10,12-13,15-19,24-25,28,31H,5-8,11,14,20-23H2,1-3H3,(H,40,42)/b15-4+/t24-,25+,28-,31+,36-,37+/m0/s1. The molecule has 0 radical (unpaired) electrons. The first-order valence-corrected chi connectivity index (χ1v) is 19.8. The Labute approximate surface area is 292 Å². The zero-order valence-corrected chi connectivity index (χ0v) is 30.2. The Morgan fingerprint density at radius 2 is 2.04 bits per heavy atom. The summed E-state index contributed by atoms with van der Waals surface area (Å²) in [5.74, 6) is 0.380. The van der Waals surface area contributed by atoms with Gasteiger partial charge < -0.3 is 14.4 Å². The van der Waals surface area contributed by atoms with Gasteiger partial charge in [-0.25, -0.2) is 18.1 Å². The van der Waals surface area contributed by atoms with Crippen LogP contribution in [0.2, 0.25) is 5.02 Å². The normalized spacial score (nSPS) is 32.2. The number of fused-ring (bicyclic) bond motifs is 4. The van der Waals surface area contributed by atoms with Gasteiger partial charge in [-0.1, -0.05) is 36.7 Å². The molecule has 1 fully saturated rings. The quantitative estimate of drug-likeness (QED) is 0.294. The number of methoxy groups -OCH3 is 1. The number of hydrogen-bond acceptors (Lipinski definition) is 8. The summed E-state index contributed by atoms with van der Waals surface area (Å²) in [5.41, 5.74) is 2.79. The third kappa shape index (κ3) is 6.18. The fourth-order valence-electron chi connectivity index (χ4n) is 8.41. The van der Waals surface area contributed by atoms with Gasteiger partial charge in [0.1, 0.15) is 5.75 Å². The van der Waals surface area contributed by atoms with Crippen molar-refractivity contribution >= 4 is 44.6 Å². The first-order chi connectivity index (χ1) is 23.0. The van der Waals surface area contributed by atoms with Gasteiger partial charge in [0.25, 0.3) is 5.91 Å². The average Bonchev–Trinajstić information content (AvgIpc) is 3.51. The van der Waals surface area contributed by atoms with Crippen LogP contribution in [0.3, 0.4) is 0 Å². The molecule has 4 aliphatic rings. The summed E-state index contributed by atoms with van der Waals surface area (Å²) in [6.07, 6.45) is 12.3. The van der Waals surface area contributed by atoms with Crippen LogP contribution in [0.5, 0.6) is 5.75 Å². The first-order valence-electron chi connectivity index (χ1n) is 17.0. The van der Waals surface area contributed by atoms with Crippen molar-refractivity contribution in [3.8, 4) is 5.75 Å². The van der Waals surface area contributed by atoms with E-state index in [0.717, 1.165) is 54.4 Å². The van der Waals surface area contributed by atoms with E-state index in [1.54, 1.807) is 31.4 Å². The van der Waals surface area contributed by atoms with Crippen LogP contribution < -0.4 is 14.4 Å². The SMILES string of the molecule is CO[C@@]1(Cc2nccs2)/C=C/C[C@H](C)[C@@H](C)S(=O)(=O)NC(=O)c2ccc3c(c2)N(C[C@@H]2CC[C@H]21)C[C@@]1(CCCc2cc(Cl)ccc21)CO3. The summed E-state index contributed by atoms with van der Waals surface area (Å²) in [6.45, 7) is 5.54. The van der Waals surface area contributed by atoms with E-state index in [2.05, 4.69) is 38.9 Å². The number of benzene rings is 2. The number of sulfonamides is 1. The summed E-state index contributed by atoms with van der Waals surface area (Å²) in [5, 5.41) is 2.97. The highest BCUT2D eigenvalue weighted by atomic mass is 35.5. The summed E-state index contributed by atoms with van der Waals surface area (Å²) in [4.78, 5) is 20.6. The van der Waals surface area contributed by atoms with Crippen molar-refractivity contribution < 1.29 is 22.7 Å². The largest absolute Gasteiger partial charge is 0.490 e. The lowest BCUT2D eigenvalue weighted by Gasteiger charge is -2.50. The molecule has 1 saturated carbocycles. The third-order valence-corrected chi connectivity index (χ3v) is 14.5. The Hall–Kier alpha value is -2.92. The summed E-state index contributed by atoms with van der Waals surface area (Å²) in [6, 6.07) is 11.5. The Morgan fingerprint density at radius 1 is 1.19 bits per heavy atom. The number of aryl methyl sites for hydroxylation is 1. The minimum Gasteiger partial charge on any atom is -0.490 e. The third-order valence-electron chi connectivity index (χ3n) is 11.5. The Morgan fingerprint density at radius 3 is 2.79 bits per heavy atom. The molecular weight excluding hydrogens is 666 g/mol. The van der Waals surface area contributed by atoms with Crippen LogP contribution in [0.4, 0.5) is 5.69 Å². The van der Waals surface area contributed by atoms with Crippen molar-refractivity contribution in [1.29, 1.82) is 0 Å². The Kier molecular flexibility index (Phi) is 9.15. The van der Waals surface area contributed by atoms with E-state index in [1.807, 2.05) is 36.7 Å². The van der Waals surface area contributed by atoms with Crippen molar-refractivity contribution in [2.24, 2.45) is 17.8 Å². The molecule has 0 saturated heterocycles. The number of ether oxygens (including phenoxy) is 2. The molecule has 2 aliphatic heterocycles. The molecule has 8 nitrogen and oxygen atoms in total. The highest BCUT2D eigenvalue weighted by Crippen LogP contribution is 2.50. The fraction of sp³-hybridized carbons (Fsp3) is 0.514. The predicted octanol–water partition coefficient (Wildman–Crippen LogP) is 6.97. The van der Waals surface area contributed by atoms with Crippen molar-refractivity contribution in [3.63, 3.8) is 0 Å². The molecule has 2 bridgehead atoms. The number of anilines is 1. The molecule has 1 aromatic heterocycles. The maximum atomic E-state index is 13.5. The lowest BCUT2D eigenvalue weighted by molar-refractivity contribution is -0.0745. The smallest absolute Gasteiger partial charge is 0.264 e. The molecular formula is C37H44ClN3O5S2. The molecule has 7 rings (SSSR count). The topological polar surface area (TPSA) is 97.8 Å². The number of nitrogens with zero attached hydrogens (tertiary/aromatic N) is 2. The number of carbonyl (C=O) groups is 1. The van der Waals surface area contributed by atoms with Crippen LogP contribution in [0.1, 0.15) is 72.4 Å². The molecule has 1 spiro atoms. The van der Waals surface area contributed by atoms with E-state index >= 15 is 0 Å². The van der Waals surface area contributed by atoms with Gasteiger partial charge in [0.2, 0.25) is 10.0 Å². The molecule has 2 aliphatic carbocycles. The Bertz CT molecular complexity index is 1810.